The molecule has 6 nitrogen and oxygen atoms in total. The molecule has 0 amide bonds. The zero-order valence-corrected chi connectivity index (χ0v) is 14.9. The Morgan fingerprint density at radius 2 is 1.80 bits per heavy atom. The van der Waals surface area contributed by atoms with Crippen molar-refractivity contribution in [2.75, 3.05) is 30.9 Å². The Morgan fingerprint density at radius 1 is 1.08 bits per heavy atom. The van der Waals surface area contributed by atoms with Crippen molar-refractivity contribution < 1.29 is 9.47 Å². The number of aryl methyl sites for hydroxylation is 1. The molecule has 0 unspecified atom stereocenters. The SMILES string of the molecule is COc1ccc(OCCNc2nc(C)cc(NC3CCCC3)n2)cc1. The number of nitrogens with one attached hydrogen (secondary N) is 2. The predicted molar refractivity (Wildman–Crippen MR) is 99.6 cm³/mol. The maximum Gasteiger partial charge on any atom is 0.224 e. The Labute approximate surface area is 149 Å². The van der Waals surface area contributed by atoms with Crippen LogP contribution in [0.15, 0.2) is 30.3 Å². The first-order valence-electron chi connectivity index (χ1n) is 8.86. The van der Waals surface area contributed by atoms with E-state index in [1.54, 1.807) is 7.11 Å². The van der Waals surface area contributed by atoms with Gasteiger partial charge in [-0.15, -0.1) is 0 Å². The van der Waals surface area contributed by atoms with Crippen molar-refractivity contribution in [3.8, 4) is 11.5 Å². The molecule has 2 aromatic rings. The first-order valence-corrected chi connectivity index (χ1v) is 8.86. The molecule has 6 heteroatoms. The quantitative estimate of drug-likeness (QED) is 0.714. The van der Waals surface area contributed by atoms with Gasteiger partial charge in [-0.25, -0.2) is 4.98 Å². The second-order valence-corrected chi connectivity index (χ2v) is 6.29. The Bertz CT molecular complexity index is 670. The molecule has 1 aliphatic rings. The van der Waals surface area contributed by atoms with Crippen LogP contribution in [0.2, 0.25) is 0 Å². The lowest BCUT2D eigenvalue weighted by molar-refractivity contribution is 0.331. The fourth-order valence-corrected chi connectivity index (χ4v) is 3.00. The minimum absolute atomic E-state index is 0.537. The summed E-state index contributed by atoms with van der Waals surface area (Å²) in [6.45, 7) is 3.16. The third-order valence-electron chi connectivity index (χ3n) is 4.27. The molecule has 1 fully saturated rings. The summed E-state index contributed by atoms with van der Waals surface area (Å²) in [5.74, 6) is 3.18. The van der Waals surface area contributed by atoms with E-state index in [9.17, 15) is 0 Å². The van der Waals surface area contributed by atoms with Crippen LogP contribution < -0.4 is 20.1 Å². The van der Waals surface area contributed by atoms with Crippen LogP contribution in [0.5, 0.6) is 11.5 Å². The third kappa shape index (κ3) is 5.24. The van der Waals surface area contributed by atoms with Gasteiger partial charge in [-0.1, -0.05) is 12.8 Å². The van der Waals surface area contributed by atoms with Gasteiger partial charge in [-0.05, 0) is 44.0 Å². The van der Waals surface area contributed by atoms with Crippen LogP contribution in [0.4, 0.5) is 11.8 Å². The van der Waals surface area contributed by atoms with Crippen LogP contribution >= 0.6 is 0 Å². The second kappa shape index (κ2) is 8.55. The number of hydrogen-bond donors (Lipinski definition) is 2. The highest BCUT2D eigenvalue weighted by Gasteiger charge is 2.15. The molecule has 1 aromatic carbocycles. The fourth-order valence-electron chi connectivity index (χ4n) is 3.00. The summed E-state index contributed by atoms with van der Waals surface area (Å²) in [5, 5.41) is 6.75. The van der Waals surface area contributed by atoms with Crippen molar-refractivity contribution in [1.29, 1.82) is 0 Å². The Hall–Kier alpha value is -2.50. The second-order valence-electron chi connectivity index (χ2n) is 6.29. The van der Waals surface area contributed by atoms with E-state index in [0.29, 0.717) is 25.1 Å². The molecule has 0 bridgehead atoms. The zero-order valence-electron chi connectivity index (χ0n) is 14.9. The average molecular weight is 342 g/mol. The molecule has 1 aliphatic carbocycles. The van der Waals surface area contributed by atoms with Crippen molar-refractivity contribution in [1.82, 2.24) is 9.97 Å². The molecule has 2 N–H and O–H groups in total. The molecular weight excluding hydrogens is 316 g/mol. The number of ether oxygens (including phenoxy) is 2. The fraction of sp³-hybridized carbons (Fsp3) is 0.474. The number of aromatic nitrogens is 2. The molecule has 1 saturated carbocycles. The summed E-state index contributed by atoms with van der Waals surface area (Å²) in [5.41, 5.74) is 0.953. The zero-order chi connectivity index (χ0) is 17.5. The first-order chi connectivity index (χ1) is 12.2. The molecule has 0 radical (unpaired) electrons. The van der Waals surface area contributed by atoms with Crippen molar-refractivity contribution >= 4 is 11.8 Å². The van der Waals surface area contributed by atoms with Crippen molar-refractivity contribution in [3.63, 3.8) is 0 Å². The standard InChI is InChI=1S/C19H26N4O2/c1-14-13-18(22-15-5-3-4-6-15)23-19(21-14)20-11-12-25-17-9-7-16(24-2)8-10-17/h7-10,13,15H,3-6,11-12H2,1-2H3,(H2,20,21,22,23). The van der Waals surface area contributed by atoms with Crippen LogP contribution in [-0.2, 0) is 0 Å². The van der Waals surface area contributed by atoms with E-state index in [0.717, 1.165) is 23.0 Å². The smallest absolute Gasteiger partial charge is 0.224 e. The molecule has 0 saturated heterocycles. The van der Waals surface area contributed by atoms with Crippen LogP contribution in [0.3, 0.4) is 0 Å². The Morgan fingerprint density at radius 3 is 2.52 bits per heavy atom. The number of anilines is 2. The van der Waals surface area contributed by atoms with Gasteiger partial charge in [0.1, 0.15) is 23.9 Å². The van der Waals surface area contributed by atoms with Crippen LogP contribution in [-0.4, -0.2) is 36.3 Å². The van der Waals surface area contributed by atoms with Crippen molar-refractivity contribution in [2.45, 2.75) is 38.6 Å². The van der Waals surface area contributed by atoms with E-state index < -0.39 is 0 Å². The van der Waals surface area contributed by atoms with Gasteiger partial charge in [0.2, 0.25) is 5.95 Å². The maximum absolute atomic E-state index is 5.71. The highest BCUT2D eigenvalue weighted by Crippen LogP contribution is 2.22. The lowest BCUT2D eigenvalue weighted by Crippen LogP contribution is -2.18. The predicted octanol–water partition coefficient (Wildman–Crippen LogP) is 3.64. The number of methoxy groups -OCH3 is 1. The Balaban J connectivity index is 1.47. The summed E-state index contributed by atoms with van der Waals surface area (Å²) in [6, 6.07) is 10.1. The monoisotopic (exact) mass is 342 g/mol. The van der Waals surface area contributed by atoms with Gasteiger partial charge in [0, 0.05) is 17.8 Å². The van der Waals surface area contributed by atoms with E-state index >= 15 is 0 Å². The van der Waals surface area contributed by atoms with Gasteiger partial charge in [0.05, 0.1) is 13.7 Å². The number of rotatable bonds is 8. The molecule has 3 rings (SSSR count). The van der Waals surface area contributed by atoms with E-state index in [1.807, 2.05) is 37.3 Å². The van der Waals surface area contributed by atoms with Gasteiger partial charge >= 0.3 is 0 Å². The summed E-state index contributed by atoms with van der Waals surface area (Å²) >= 11 is 0. The van der Waals surface area contributed by atoms with Gasteiger partial charge in [-0.3, -0.25) is 0 Å². The molecule has 1 heterocycles. The Kier molecular flexibility index (Phi) is 5.93. The van der Waals surface area contributed by atoms with Gasteiger partial charge in [0.25, 0.3) is 0 Å². The first kappa shape index (κ1) is 17.3. The topological polar surface area (TPSA) is 68.3 Å². The highest BCUT2D eigenvalue weighted by molar-refractivity contribution is 5.43. The number of nitrogens with zero attached hydrogens (tertiary/aromatic N) is 2. The summed E-state index contributed by atoms with van der Waals surface area (Å²) in [4.78, 5) is 9.00. The average Bonchev–Trinajstić information content (AvgIpc) is 3.12. The van der Waals surface area contributed by atoms with Crippen LogP contribution in [0, 0.1) is 6.92 Å². The van der Waals surface area contributed by atoms with Crippen LogP contribution in [0.1, 0.15) is 31.4 Å². The van der Waals surface area contributed by atoms with E-state index in [1.165, 1.54) is 25.7 Å². The highest BCUT2D eigenvalue weighted by atomic mass is 16.5. The molecule has 0 aliphatic heterocycles. The van der Waals surface area contributed by atoms with Crippen molar-refractivity contribution in [3.05, 3.63) is 36.0 Å². The van der Waals surface area contributed by atoms with Crippen LogP contribution in [0.25, 0.3) is 0 Å². The van der Waals surface area contributed by atoms with Gasteiger partial charge in [-0.2, -0.15) is 4.98 Å². The van der Waals surface area contributed by atoms with E-state index in [2.05, 4.69) is 20.6 Å². The van der Waals surface area contributed by atoms with E-state index in [4.69, 9.17) is 9.47 Å². The number of hydrogen-bond acceptors (Lipinski definition) is 6. The molecule has 0 spiro atoms. The lowest BCUT2D eigenvalue weighted by atomic mass is 10.2. The summed E-state index contributed by atoms with van der Waals surface area (Å²) in [6.07, 6.45) is 5.05. The third-order valence-corrected chi connectivity index (χ3v) is 4.27. The molecule has 25 heavy (non-hydrogen) atoms. The number of benzene rings is 1. The molecule has 0 atom stereocenters. The summed E-state index contributed by atoms with van der Waals surface area (Å²) < 4.78 is 10.8. The minimum Gasteiger partial charge on any atom is -0.497 e. The van der Waals surface area contributed by atoms with E-state index in [-0.39, 0.29) is 0 Å². The maximum atomic E-state index is 5.71. The largest absolute Gasteiger partial charge is 0.497 e. The van der Waals surface area contributed by atoms with Gasteiger partial charge < -0.3 is 20.1 Å². The van der Waals surface area contributed by atoms with Crippen molar-refractivity contribution in [2.24, 2.45) is 0 Å². The lowest BCUT2D eigenvalue weighted by Gasteiger charge is -2.14. The normalized spacial score (nSPS) is 14.3. The molecule has 1 aromatic heterocycles. The molecule has 134 valence electrons. The minimum atomic E-state index is 0.537. The molecular formula is C19H26N4O2. The summed E-state index contributed by atoms with van der Waals surface area (Å²) in [7, 11) is 1.65. The van der Waals surface area contributed by atoms with Gasteiger partial charge in [0.15, 0.2) is 0 Å².